The van der Waals surface area contributed by atoms with Crippen LogP contribution < -0.4 is 25.6 Å². The van der Waals surface area contributed by atoms with Crippen LogP contribution in [0.15, 0.2) is 199 Å². The van der Waals surface area contributed by atoms with Gasteiger partial charge in [-0.2, -0.15) is 0 Å². The van der Waals surface area contributed by atoms with Gasteiger partial charge in [0.2, 0.25) is 0 Å². The molecule has 0 N–H and O–H groups in total. The maximum atomic E-state index is 3.67. The highest BCUT2D eigenvalue weighted by Crippen LogP contribution is 2.35. The zero-order valence-corrected chi connectivity index (χ0v) is 27.4. The van der Waals surface area contributed by atoms with Crippen LogP contribution in [0.2, 0.25) is 0 Å². The number of benzene rings is 7. The average Bonchev–Trinajstić information content (AvgIpc) is 3.12. The molecule has 0 aliphatic carbocycles. The van der Waals surface area contributed by atoms with E-state index in [0.717, 1.165) is 21.5 Å². The van der Waals surface area contributed by atoms with E-state index in [4.69, 9.17) is 0 Å². The quantitative estimate of drug-likeness (QED) is 0.116. The molecule has 0 amide bonds. The van der Waals surface area contributed by atoms with E-state index in [1.54, 1.807) is 0 Å². The van der Waals surface area contributed by atoms with Gasteiger partial charge in [0.25, 0.3) is 0 Å². The maximum Gasteiger partial charge on any atom is 0.179 e. The molecular formula is C42H32BrNSi. The average molecular weight is 659 g/mol. The van der Waals surface area contributed by atoms with Crippen LogP contribution in [0, 0.1) is 0 Å². The monoisotopic (exact) mass is 657 g/mol. The second kappa shape index (κ2) is 13.0. The second-order valence-corrected chi connectivity index (χ2v) is 15.8. The fraction of sp³-hybridized carbons (Fsp3) is 0. The molecule has 45 heavy (non-hydrogen) atoms. The standard InChI is InChI=1S/C42H32BrNSi/c43-35-25-31-42(32-26-35)45(39-17-9-3-10-18-39,40-19-11-4-12-20-40)41-29-23-34(24-30-41)33-21-27-38(28-22-33)44(36-13-5-1-6-14-36)37-15-7-2-8-16-37/h1-32H. The Morgan fingerprint density at radius 2 is 0.622 bits per heavy atom. The molecule has 0 saturated carbocycles. The Bertz CT molecular complexity index is 1880. The highest BCUT2D eigenvalue weighted by atomic mass is 79.9. The fourth-order valence-electron chi connectivity index (χ4n) is 6.39. The van der Waals surface area contributed by atoms with Crippen molar-refractivity contribution in [3.63, 3.8) is 0 Å². The summed E-state index contributed by atoms with van der Waals surface area (Å²) in [5.41, 5.74) is 5.80. The smallest absolute Gasteiger partial charge is 0.179 e. The molecule has 0 aromatic heterocycles. The minimum atomic E-state index is -2.57. The summed E-state index contributed by atoms with van der Waals surface area (Å²) in [7, 11) is -2.57. The van der Waals surface area contributed by atoms with Crippen molar-refractivity contribution in [2.45, 2.75) is 0 Å². The van der Waals surface area contributed by atoms with E-state index in [-0.39, 0.29) is 0 Å². The Morgan fingerprint density at radius 3 is 1.04 bits per heavy atom. The topological polar surface area (TPSA) is 3.24 Å². The number of hydrogen-bond acceptors (Lipinski definition) is 1. The lowest BCUT2D eigenvalue weighted by Crippen LogP contribution is -2.74. The van der Waals surface area contributed by atoms with E-state index in [9.17, 15) is 0 Å². The summed E-state index contributed by atoms with van der Waals surface area (Å²) in [6.45, 7) is 0. The van der Waals surface area contributed by atoms with Crippen LogP contribution in [0.1, 0.15) is 0 Å². The number of rotatable bonds is 8. The molecule has 7 rings (SSSR count). The van der Waals surface area contributed by atoms with Gasteiger partial charge in [-0.3, -0.25) is 0 Å². The summed E-state index contributed by atoms with van der Waals surface area (Å²) in [6, 6.07) is 70.4. The third-order valence-corrected chi connectivity index (χ3v) is 13.8. The molecule has 0 aliphatic rings. The largest absolute Gasteiger partial charge is 0.311 e. The molecule has 1 nitrogen and oxygen atoms in total. The van der Waals surface area contributed by atoms with Crippen LogP contribution in [-0.2, 0) is 0 Å². The van der Waals surface area contributed by atoms with Gasteiger partial charge in [-0.1, -0.05) is 162 Å². The van der Waals surface area contributed by atoms with E-state index in [2.05, 4.69) is 215 Å². The van der Waals surface area contributed by atoms with Crippen molar-refractivity contribution in [1.82, 2.24) is 0 Å². The zero-order chi connectivity index (χ0) is 30.5. The van der Waals surface area contributed by atoms with Crippen molar-refractivity contribution in [1.29, 1.82) is 0 Å². The number of hydrogen-bond donors (Lipinski definition) is 0. The molecule has 0 fully saturated rings. The lowest BCUT2D eigenvalue weighted by Gasteiger charge is -2.34. The van der Waals surface area contributed by atoms with Gasteiger partial charge in [-0.25, -0.2) is 0 Å². The first-order valence-corrected chi connectivity index (χ1v) is 18.0. The molecule has 0 spiro atoms. The summed E-state index contributed by atoms with van der Waals surface area (Å²) in [5, 5.41) is 5.47. The predicted octanol–water partition coefficient (Wildman–Crippen LogP) is 8.96. The van der Waals surface area contributed by atoms with Gasteiger partial charge in [0.05, 0.1) is 0 Å². The number of para-hydroxylation sites is 2. The van der Waals surface area contributed by atoms with Crippen LogP contribution in [0.3, 0.4) is 0 Å². The maximum absolute atomic E-state index is 3.67. The van der Waals surface area contributed by atoms with Crippen molar-refractivity contribution in [2.75, 3.05) is 4.90 Å². The molecule has 0 heterocycles. The third-order valence-electron chi connectivity index (χ3n) is 8.50. The first kappa shape index (κ1) is 28.8. The summed E-state index contributed by atoms with van der Waals surface area (Å²) < 4.78 is 1.09. The summed E-state index contributed by atoms with van der Waals surface area (Å²) in [6.07, 6.45) is 0. The fourth-order valence-corrected chi connectivity index (χ4v) is 11.4. The van der Waals surface area contributed by atoms with Crippen molar-refractivity contribution >= 4 is 61.8 Å². The molecule has 7 aromatic carbocycles. The normalized spacial score (nSPS) is 11.2. The van der Waals surface area contributed by atoms with E-state index in [0.29, 0.717) is 0 Å². The highest BCUT2D eigenvalue weighted by molar-refractivity contribution is 9.10. The minimum Gasteiger partial charge on any atom is -0.311 e. The molecule has 0 unspecified atom stereocenters. The van der Waals surface area contributed by atoms with Gasteiger partial charge in [0.1, 0.15) is 0 Å². The zero-order valence-electron chi connectivity index (χ0n) is 24.8. The molecule has 0 radical (unpaired) electrons. The van der Waals surface area contributed by atoms with Crippen LogP contribution in [0.4, 0.5) is 17.1 Å². The predicted molar refractivity (Wildman–Crippen MR) is 198 cm³/mol. The van der Waals surface area contributed by atoms with Gasteiger partial charge < -0.3 is 4.90 Å². The Hall–Kier alpha value is -4.96. The van der Waals surface area contributed by atoms with Crippen molar-refractivity contribution in [3.8, 4) is 11.1 Å². The summed E-state index contributed by atoms with van der Waals surface area (Å²) >= 11 is 3.67. The highest BCUT2D eigenvalue weighted by Gasteiger charge is 2.41. The van der Waals surface area contributed by atoms with E-state index < -0.39 is 8.07 Å². The van der Waals surface area contributed by atoms with Crippen molar-refractivity contribution < 1.29 is 0 Å². The van der Waals surface area contributed by atoms with Crippen LogP contribution in [0.25, 0.3) is 11.1 Å². The number of anilines is 3. The molecule has 0 bridgehead atoms. The lowest BCUT2D eigenvalue weighted by atomic mass is 10.0. The van der Waals surface area contributed by atoms with Crippen LogP contribution in [0.5, 0.6) is 0 Å². The van der Waals surface area contributed by atoms with Crippen molar-refractivity contribution in [3.05, 3.63) is 199 Å². The molecule has 0 atom stereocenters. The summed E-state index contributed by atoms with van der Waals surface area (Å²) in [5.74, 6) is 0. The Kier molecular flexibility index (Phi) is 8.29. The van der Waals surface area contributed by atoms with E-state index in [1.807, 2.05) is 0 Å². The van der Waals surface area contributed by atoms with E-state index >= 15 is 0 Å². The number of halogens is 1. The molecule has 7 aromatic rings. The van der Waals surface area contributed by atoms with Crippen molar-refractivity contribution in [2.24, 2.45) is 0 Å². The number of nitrogens with zero attached hydrogens (tertiary/aromatic N) is 1. The minimum absolute atomic E-state index is 1.09. The molecule has 216 valence electrons. The van der Waals surface area contributed by atoms with Gasteiger partial charge in [-0.15, -0.1) is 0 Å². The second-order valence-electron chi connectivity index (χ2n) is 11.1. The first-order valence-electron chi connectivity index (χ1n) is 15.2. The molecular weight excluding hydrogens is 626 g/mol. The van der Waals surface area contributed by atoms with Gasteiger partial charge in [-0.05, 0) is 80.4 Å². The third kappa shape index (κ3) is 5.69. The lowest BCUT2D eigenvalue weighted by molar-refractivity contribution is 1.28. The molecule has 0 saturated heterocycles. The Balaban J connectivity index is 1.30. The van der Waals surface area contributed by atoms with Gasteiger partial charge >= 0.3 is 0 Å². The summed E-state index contributed by atoms with van der Waals surface area (Å²) in [4.78, 5) is 2.30. The SMILES string of the molecule is Brc1ccc([Si](c2ccccc2)(c2ccccc2)c2ccc(-c3ccc(N(c4ccccc4)c4ccccc4)cc3)cc2)cc1. The van der Waals surface area contributed by atoms with Gasteiger partial charge in [0, 0.05) is 21.5 Å². The molecule has 0 aliphatic heterocycles. The Labute approximate surface area is 275 Å². The van der Waals surface area contributed by atoms with E-state index in [1.165, 1.54) is 31.9 Å². The van der Waals surface area contributed by atoms with Crippen LogP contribution >= 0.6 is 15.9 Å². The molecule has 3 heteroatoms. The van der Waals surface area contributed by atoms with Crippen LogP contribution in [-0.4, -0.2) is 8.07 Å². The van der Waals surface area contributed by atoms with Gasteiger partial charge in [0.15, 0.2) is 8.07 Å². The first-order chi connectivity index (χ1) is 22.2. The Morgan fingerprint density at radius 1 is 0.311 bits per heavy atom.